The maximum Gasteiger partial charge on any atom is 0.295 e. The zero-order chi connectivity index (χ0) is 10.5. The SMILES string of the molecule is O=c1[nH]c2[nH]c(O)c(O)c2c(O)c1O. The van der Waals surface area contributed by atoms with E-state index in [1.165, 1.54) is 0 Å². The van der Waals surface area contributed by atoms with Crippen molar-refractivity contribution in [2.45, 2.75) is 0 Å². The van der Waals surface area contributed by atoms with Gasteiger partial charge in [-0.2, -0.15) is 0 Å². The first kappa shape index (κ1) is 8.30. The van der Waals surface area contributed by atoms with E-state index in [0.29, 0.717) is 0 Å². The van der Waals surface area contributed by atoms with Crippen LogP contribution in [0.5, 0.6) is 23.1 Å². The van der Waals surface area contributed by atoms with Gasteiger partial charge in [0.1, 0.15) is 11.0 Å². The molecule has 0 bridgehead atoms. The summed E-state index contributed by atoms with van der Waals surface area (Å²) < 4.78 is 0. The van der Waals surface area contributed by atoms with E-state index in [-0.39, 0.29) is 11.0 Å². The lowest BCUT2D eigenvalue weighted by Gasteiger charge is -1.97. The summed E-state index contributed by atoms with van der Waals surface area (Å²) >= 11 is 0. The maximum atomic E-state index is 10.9. The fourth-order valence-electron chi connectivity index (χ4n) is 1.20. The second kappa shape index (κ2) is 2.34. The molecule has 6 N–H and O–H groups in total. The Kier molecular flexibility index (Phi) is 1.39. The van der Waals surface area contributed by atoms with Gasteiger partial charge < -0.3 is 30.4 Å². The molecular formula is C7H6N2O5. The highest BCUT2D eigenvalue weighted by Gasteiger charge is 2.18. The molecule has 2 aromatic rings. The first-order valence-corrected chi connectivity index (χ1v) is 3.60. The lowest BCUT2D eigenvalue weighted by Crippen LogP contribution is -2.04. The number of aromatic hydroxyl groups is 4. The van der Waals surface area contributed by atoms with Crippen molar-refractivity contribution in [1.82, 2.24) is 9.97 Å². The Balaban J connectivity index is 3.07. The van der Waals surface area contributed by atoms with Crippen LogP contribution in [0.2, 0.25) is 0 Å². The lowest BCUT2D eigenvalue weighted by atomic mass is 10.3. The third kappa shape index (κ3) is 0.830. The highest BCUT2D eigenvalue weighted by molar-refractivity contribution is 5.92. The molecule has 7 nitrogen and oxygen atoms in total. The van der Waals surface area contributed by atoms with Crippen LogP contribution >= 0.6 is 0 Å². The molecule has 0 saturated heterocycles. The van der Waals surface area contributed by atoms with Gasteiger partial charge in [-0.1, -0.05) is 0 Å². The summed E-state index contributed by atoms with van der Waals surface area (Å²) in [6.45, 7) is 0. The van der Waals surface area contributed by atoms with Crippen LogP contribution in [0.3, 0.4) is 0 Å². The van der Waals surface area contributed by atoms with Crippen molar-refractivity contribution in [2.24, 2.45) is 0 Å². The van der Waals surface area contributed by atoms with Crippen LogP contribution in [0.1, 0.15) is 0 Å². The molecule has 7 heteroatoms. The van der Waals surface area contributed by atoms with E-state index in [0.717, 1.165) is 0 Å². The largest absolute Gasteiger partial charge is 0.504 e. The Morgan fingerprint density at radius 2 is 1.50 bits per heavy atom. The average molecular weight is 198 g/mol. The number of aromatic nitrogens is 2. The van der Waals surface area contributed by atoms with Gasteiger partial charge in [0.25, 0.3) is 5.56 Å². The van der Waals surface area contributed by atoms with Gasteiger partial charge >= 0.3 is 0 Å². The molecule has 0 amide bonds. The standard InChI is InChI=1S/C7H6N2O5/c10-2-1-3(11)6(13)8-5(1)9-7(14)4(2)12/h11-13H,(H3,8,9,10,14). The third-order valence-corrected chi connectivity index (χ3v) is 1.87. The van der Waals surface area contributed by atoms with Crippen molar-refractivity contribution >= 4 is 11.0 Å². The Bertz CT molecular complexity index is 567. The molecule has 0 fully saturated rings. The van der Waals surface area contributed by atoms with Crippen LogP contribution in [0.25, 0.3) is 11.0 Å². The van der Waals surface area contributed by atoms with Crippen LogP contribution in [0, 0.1) is 0 Å². The zero-order valence-electron chi connectivity index (χ0n) is 6.70. The fourth-order valence-corrected chi connectivity index (χ4v) is 1.20. The molecule has 0 unspecified atom stereocenters. The Labute approximate surface area is 75.9 Å². The number of H-pyrrole nitrogens is 2. The van der Waals surface area contributed by atoms with Crippen LogP contribution < -0.4 is 5.56 Å². The molecular weight excluding hydrogens is 192 g/mol. The zero-order valence-corrected chi connectivity index (χ0v) is 6.70. The van der Waals surface area contributed by atoms with E-state index in [2.05, 4.69) is 9.97 Å². The Hall–Kier alpha value is -2.31. The summed E-state index contributed by atoms with van der Waals surface area (Å²) in [5, 5.41) is 36.3. The number of rotatable bonds is 0. The quantitative estimate of drug-likeness (QED) is 0.345. The fraction of sp³-hybridized carbons (Fsp3) is 0. The predicted octanol–water partition coefficient (Wildman–Crippen LogP) is -0.321. The number of aromatic amines is 2. The first-order valence-electron chi connectivity index (χ1n) is 3.60. The van der Waals surface area contributed by atoms with Gasteiger partial charge in [-0.15, -0.1) is 0 Å². The smallest absolute Gasteiger partial charge is 0.295 e. The van der Waals surface area contributed by atoms with Crippen molar-refractivity contribution in [3.8, 4) is 23.1 Å². The van der Waals surface area contributed by atoms with Crippen LogP contribution in [-0.4, -0.2) is 30.4 Å². The number of fused-ring (bicyclic) bond motifs is 1. The minimum absolute atomic E-state index is 0.0692. The van der Waals surface area contributed by atoms with Crippen molar-refractivity contribution in [2.75, 3.05) is 0 Å². The molecule has 0 aliphatic heterocycles. The van der Waals surface area contributed by atoms with Gasteiger partial charge in [-0.3, -0.25) is 4.79 Å². The molecule has 2 aromatic heterocycles. The summed E-state index contributed by atoms with van der Waals surface area (Å²) in [4.78, 5) is 15.3. The minimum Gasteiger partial charge on any atom is -0.504 e. The van der Waals surface area contributed by atoms with E-state index < -0.39 is 28.7 Å². The Morgan fingerprint density at radius 1 is 0.857 bits per heavy atom. The van der Waals surface area contributed by atoms with E-state index >= 15 is 0 Å². The van der Waals surface area contributed by atoms with Gasteiger partial charge in [-0.05, 0) is 0 Å². The average Bonchev–Trinajstić information content (AvgIpc) is 2.39. The normalized spacial score (nSPS) is 10.9. The maximum absolute atomic E-state index is 10.9. The number of hydrogen-bond donors (Lipinski definition) is 6. The molecule has 0 radical (unpaired) electrons. The van der Waals surface area contributed by atoms with E-state index in [1.54, 1.807) is 0 Å². The van der Waals surface area contributed by atoms with Crippen molar-refractivity contribution in [3.63, 3.8) is 0 Å². The molecule has 0 aromatic carbocycles. The van der Waals surface area contributed by atoms with Crippen LogP contribution in [-0.2, 0) is 0 Å². The molecule has 2 heterocycles. The van der Waals surface area contributed by atoms with Crippen molar-refractivity contribution < 1.29 is 20.4 Å². The van der Waals surface area contributed by atoms with Crippen molar-refractivity contribution in [3.05, 3.63) is 10.4 Å². The van der Waals surface area contributed by atoms with E-state index in [9.17, 15) is 15.0 Å². The molecule has 0 atom stereocenters. The van der Waals surface area contributed by atoms with Gasteiger partial charge in [0.15, 0.2) is 11.5 Å². The monoisotopic (exact) mass is 198 g/mol. The van der Waals surface area contributed by atoms with Gasteiger partial charge in [-0.25, -0.2) is 0 Å². The van der Waals surface area contributed by atoms with E-state index in [4.69, 9.17) is 10.2 Å². The number of nitrogens with one attached hydrogen (secondary N) is 2. The van der Waals surface area contributed by atoms with Crippen LogP contribution in [0.15, 0.2) is 4.79 Å². The second-order valence-electron chi connectivity index (χ2n) is 2.72. The highest BCUT2D eigenvalue weighted by Crippen LogP contribution is 2.40. The summed E-state index contributed by atoms with van der Waals surface area (Å²) in [6.07, 6.45) is 0. The molecule has 0 aliphatic rings. The van der Waals surface area contributed by atoms with E-state index in [1.807, 2.05) is 0 Å². The third-order valence-electron chi connectivity index (χ3n) is 1.87. The summed E-state index contributed by atoms with van der Waals surface area (Å²) in [5.41, 5.74) is -0.989. The second-order valence-corrected chi connectivity index (χ2v) is 2.72. The highest BCUT2D eigenvalue weighted by atomic mass is 16.3. The Morgan fingerprint density at radius 3 is 2.14 bits per heavy atom. The van der Waals surface area contributed by atoms with Gasteiger partial charge in [0, 0.05) is 0 Å². The molecule has 0 saturated carbocycles. The molecule has 74 valence electrons. The predicted molar refractivity (Wildman–Crippen MR) is 45.6 cm³/mol. The van der Waals surface area contributed by atoms with Crippen LogP contribution in [0.4, 0.5) is 0 Å². The minimum atomic E-state index is -0.920. The molecule has 0 aliphatic carbocycles. The van der Waals surface area contributed by atoms with Gasteiger partial charge in [0.05, 0.1) is 0 Å². The topological polar surface area (TPSA) is 130 Å². The van der Waals surface area contributed by atoms with Crippen molar-refractivity contribution in [1.29, 1.82) is 0 Å². The lowest BCUT2D eigenvalue weighted by molar-refractivity contribution is 0.390. The molecule has 14 heavy (non-hydrogen) atoms. The summed E-state index contributed by atoms with van der Waals surface area (Å²) in [7, 11) is 0. The summed E-state index contributed by atoms with van der Waals surface area (Å²) in [6, 6.07) is 0. The number of hydrogen-bond acceptors (Lipinski definition) is 5. The summed E-state index contributed by atoms with van der Waals surface area (Å²) in [5.74, 6) is -2.93. The molecule has 0 spiro atoms. The molecule has 2 rings (SSSR count). The van der Waals surface area contributed by atoms with Gasteiger partial charge in [0.2, 0.25) is 11.6 Å². The first-order chi connectivity index (χ1) is 6.52. The number of pyridine rings is 1.